The molecule has 1 aliphatic heterocycles. The minimum Gasteiger partial charge on any atom is -0.488 e. The fraction of sp³-hybridized carbons (Fsp3) is 0.500. The van der Waals surface area contributed by atoms with Gasteiger partial charge < -0.3 is 14.2 Å². The van der Waals surface area contributed by atoms with Gasteiger partial charge in [0, 0.05) is 6.42 Å². The van der Waals surface area contributed by atoms with Gasteiger partial charge in [0.2, 0.25) is 0 Å². The van der Waals surface area contributed by atoms with E-state index in [1.165, 1.54) is 12.0 Å². The van der Waals surface area contributed by atoms with Gasteiger partial charge in [0.1, 0.15) is 23.5 Å². The molecule has 1 aromatic carbocycles. The van der Waals surface area contributed by atoms with Gasteiger partial charge in [-0.1, -0.05) is 24.3 Å². The molecule has 2 atom stereocenters. The second kappa shape index (κ2) is 8.25. The number of hydrogen-bond donors (Lipinski definition) is 0. The maximum atomic E-state index is 12.5. The van der Waals surface area contributed by atoms with Gasteiger partial charge in [-0.05, 0) is 38.8 Å². The van der Waals surface area contributed by atoms with Crippen molar-refractivity contribution < 1.29 is 23.8 Å². The van der Waals surface area contributed by atoms with Gasteiger partial charge in [-0.2, -0.15) is 0 Å². The highest BCUT2D eigenvalue weighted by Gasteiger charge is 2.43. The van der Waals surface area contributed by atoms with Crippen LogP contribution in [-0.2, 0) is 20.7 Å². The molecule has 0 radical (unpaired) electrons. The summed E-state index contributed by atoms with van der Waals surface area (Å²) < 4.78 is 16.4. The lowest BCUT2D eigenvalue weighted by molar-refractivity contribution is -0.145. The summed E-state index contributed by atoms with van der Waals surface area (Å²) in [6.45, 7) is 9.38. The second-order valence-electron chi connectivity index (χ2n) is 7.25. The van der Waals surface area contributed by atoms with Crippen LogP contribution >= 0.6 is 0 Å². The normalized spacial score (nSPS) is 19.8. The maximum absolute atomic E-state index is 12.5. The Morgan fingerprint density at radius 1 is 1.31 bits per heavy atom. The smallest absolute Gasteiger partial charge is 0.411 e. The number of allylic oxidation sites excluding steroid dienone is 1. The van der Waals surface area contributed by atoms with E-state index >= 15 is 0 Å². The molecule has 1 heterocycles. The summed E-state index contributed by atoms with van der Waals surface area (Å²) in [5, 5.41) is 0. The molecule has 26 heavy (non-hydrogen) atoms. The van der Waals surface area contributed by atoms with E-state index in [1.807, 2.05) is 24.3 Å². The highest BCUT2D eigenvalue weighted by Crippen LogP contribution is 2.28. The van der Waals surface area contributed by atoms with Gasteiger partial charge >= 0.3 is 12.1 Å². The Morgan fingerprint density at radius 2 is 2.00 bits per heavy atom. The van der Waals surface area contributed by atoms with E-state index in [0.717, 1.165) is 11.3 Å². The third-order valence-electron chi connectivity index (χ3n) is 3.99. The molecule has 1 fully saturated rings. The molecule has 2 rings (SSSR count). The molecule has 1 aromatic rings. The number of benzene rings is 1. The third kappa shape index (κ3) is 5.00. The fourth-order valence-corrected chi connectivity index (χ4v) is 2.89. The number of carbonyl (C=O) groups excluding carboxylic acids is 2. The Morgan fingerprint density at radius 3 is 2.62 bits per heavy atom. The van der Waals surface area contributed by atoms with E-state index < -0.39 is 23.7 Å². The van der Waals surface area contributed by atoms with Crippen molar-refractivity contribution >= 4 is 12.1 Å². The lowest BCUT2D eigenvalue weighted by Gasteiger charge is -2.27. The van der Waals surface area contributed by atoms with Crippen molar-refractivity contribution in [2.45, 2.75) is 51.4 Å². The quantitative estimate of drug-likeness (QED) is 0.594. The largest absolute Gasteiger partial charge is 0.488 e. The molecule has 0 aromatic heterocycles. The first-order valence-corrected chi connectivity index (χ1v) is 8.68. The molecule has 0 saturated carbocycles. The van der Waals surface area contributed by atoms with Crippen LogP contribution in [-0.4, -0.2) is 48.4 Å². The van der Waals surface area contributed by atoms with Crippen LogP contribution < -0.4 is 4.74 Å². The summed E-state index contributed by atoms with van der Waals surface area (Å²) >= 11 is 0. The number of carbonyl (C=O) groups is 2. The second-order valence-corrected chi connectivity index (χ2v) is 7.25. The minimum absolute atomic E-state index is 0.261. The topological polar surface area (TPSA) is 65.1 Å². The molecular formula is C20H27NO5. The number of amides is 1. The third-order valence-corrected chi connectivity index (χ3v) is 3.99. The summed E-state index contributed by atoms with van der Waals surface area (Å²) in [5.41, 5.74) is 0.362. The average molecular weight is 361 g/mol. The lowest BCUT2D eigenvalue weighted by atomic mass is 10.1. The molecule has 142 valence electrons. The van der Waals surface area contributed by atoms with Crippen LogP contribution in [0.25, 0.3) is 0 Å². The number of methoxy groups -OCH3 is 1. The molecule has 0 unspecified atom stereocenters. The van der Waals surface area contributed by atoms with Crippen LogP contribution in [0, 0.1) is 0 Å². The van der Waals surface area contributed by atoms with Gasteiger partial charge in [0.25, 0.3) is 0 Å². The van der Waals surface area contributed by atoms with Gasteiger partial charge in [-0.15, -0.1) is 6.58 Å². The zero-order valence-electron chi connectivity index (χ0n) is 15.9. The average Bonchev–Trinajstić information content (AvgIpc) is 2.99. The molecule has 0 bridgehead atoms. The molecule has 0 N–H and O–H groups in total. The lowest BCUT2D eigenvalue weighted by Crippen LogP contribution is -2.44. The van der Waals surface area contributed by atoms with Crippen LogP contribution in [0.3, 0.4) is 0 Å². The predicted octanol–water partition coefficient (Wildman–Crippen LogP) is 3.34. The van der Waals surface area contributed by atoms with E-state index in [2.05, 4.69) is 6.58 Å². The minimum atomic E-state index is -0.716. The highest BCUT2D eigenvalue weighted by molar-refractivity contribution is 5.82. The summed E-state index contributed by atoms with van der Waals surface area (Å²) in [7, 11) is 1.31. The van der Waals surface area contributed by atoms with Gasteiger partial charge in [-0.25, -0.2) is 9.59 Å². The van der Waals surface area contributed by atoms with Crippen molar-refractivity contribution in [3.8, 4) is 5.75 Å². The van der Waals surface area contributed by atoms with Gasteiger partial charge in [-0.3, -0.25) is 4.90 Å². The Hall–Kier alpha value is -2.50. The molecule has 6 nitrogen and oxygen atoms in total. The highest BCUT2D eigenvalue weighted by atomic mass is 16.6. The standard InChI is InChI=1S/C20H27NO5/c1-6-9-14-10-7-8-11-17(14)25-15-12-16(18(22)24-5)21(13-15)19(23)26-20(2,3)4/h6-8,10-11,15-16H,1,9,12-13H2,2-5H3/t15-,16+/m1/s1. The molecular weight excluding hydrogens is 334 g/mol. The monoisotopic (exact) mass is 361 g/mol. The Bertz CT molecular complexity index is 664. The molecule has 1 aliphatic rings. The number of ether oxygens (including phenoxy) is 3. The van der Waals surface area contributed by atoms with E-state index in [1.54, 1.807) is 26.8 Å². The van der Waals surface area contributed by atoms with E-state index in [-0.39, 0.29) is 12.6 Å². The van der Waals surface area contributed by atoms with Crippen LogP contribution in [0.4, 0.5) is 4.79 Å². The van der Waals surface area contributed by atoms with Crippen LogP contribution in [0.15, 0.2) is 36.9 Å². The molecule has 6 heteroatoms. The number of para-hydroxylation sites is 1. The summed E-state index contributed by atoms with van der Waals surface area (Å²) in [5.74, 6) is 0.258. The Kier molecular flexibility index (Phi) is 6.29. The van der Waals surface area contributed by atoms with E-state index in [4.69, 9.17) is 14.2 Å². The van der Waals surface area contributed by atoms with Gasteiger partial charge in [0.15, 0.2) is 0 Å². The van der Waals surface area contributed by atoms with Gasteiger partial charge in [0.05, 0.1) is 13.7 Å². The first-order valence-electron chi connectivity index (χ1n) is 8.68. The number of hydrogen-bond acceptors (Lipinski definition) is 5. The zero-order valence-corrected chi connectivity index (χ0v) is 15.9. The number of esters is 1. The van der Waals surface area contributed by atoms with Crippen molar-refractivity contribution in [3.05, 3.63) is 42.5 Å². The van der Waals surface area contributed by atoms with Crippen molar-refractivity contribution in [1.82, 2.24) is 4.90 Å². The van der Waals surface area contributed by atoms with Crippen molar-refractivity contribution in [1.29, 1.82) is 0 Å². The zero-order chi connectivity index (χ0) is 19.3. The first kappa shape index (κ1) is 19.8. The number of likely N-dealkylation sites (tertiary alicyclic amines) is 1. The van der Waals surface area contributed by atoms with Crippen molar-refractivity contribution in [3.63, 3.8) is 0 Å². The van der Waals surface area contributed by atoms with Crippen LogP contribution in [0.1, 0.15) is 32.8 Å². The molecule has 1 amide bonds. The summed E-state index contributed by atoms with van der Waals surface area (Å²) in [4.78, 5) is 26.0. The summed E-state index contributed by atoms with van der Waals surface area (Å²) in [6.07, 6.45) is 1.98. The Labute approximate surface area is 154 Å². The molecule has 0 aliphatic carbocycles. The maximum Gasteiger partial charge on any atom is 0.411 e. The first-order chi connectivity index (χ1) is 12.2. The van der Waals surface area contributed by atoms with Crippen LogP contribution in [0.5, 0.6) is 5.75 Å². The predicted molar refractivity (Wildman–Crippen MR) is 98.1 cm³/mol. The molecule has 0 spiro atoms. The fourth-order valence-electron chi connectivity index (χ4n) is 2.89. The van der Waals surface area contributed by atoms with E-state index in [0.29, 0.717) is 12.8 Å². The van der Waals surface area contributed by atoms with E-state index in [9.17, 15) is 9.59 Å². The van der Waals surface area contributed by atoms with Crippen molar-refractivity contribution in [2.75, 3.05) is 13.7 Å². The molecule has 1 saturated heterocycles. The number of nitrogens with zero attached hydrogens (tertiary/aromatic N) is 1. The Balaban J connectivity index is 2.16. The van der Waals surface area contributed by atoms with Crippen molar-refractivity contribution in [2.24, 2.45) is 0 Å². The number of rotatable bonds is 5. The summed E-state index contributed by atoms with van der Waals surface area (Å²) in [6, 6.07) is 6.95. The van der Waals surface area contributed by atoms with Crippen LogP contribution in [0.2, 0.25) is 0 Å². The SMILES string of the molecule is C=CCc1ccccc1O[C@@H]1C[C@@H](C(=O)OC)N(C(=O)OC(C)(C)C)C1.